The van der Waals surface area contributed by atoms with Crippen LogP contribution in [-0.2, 0) is 9.53 Å². The predicted molar refractivity (Wildman–Crippen MR) is 138 cm³/mol. The van der Waals surface area contributed by atoms with Crippen molar-refractivity contribution < 1.29 is 18.7 Å². The van der Waals surface area contributed by atoms with E-state index in [9.17, 15) is 4.79 Å². The molecule has 0 aliphatic carbocycles. The van der Waals surface area contributed by atoms with Crippen molar-refractivity contribution in [2.45, 2.75) is 27.2 Å². The molecule has 0 bridgehead atoms. The molecule has 4 rings (SSSR count). The third-order valence-electron chi connectivity index (χ3n) is 6.07. The van der Waals surface area contributed by atoms with Crippen molar-refractivity contribution in [3.63, 3.8) is 0 Å². The SMILES string of the molecule is CCOCCCNC(=O)/C=C(\C)c1cc2c(-c3cccc4ccccc34)coc2c(C)c1OC. The molecule has 1 N–H and O–H groups in total. The third-order valence-corrected chi connectivity index (χ3v) is 6.07. The van der Waals surface area contributed by atoms with Gasteiger partial charge in [0.15, 0.2) is 0 Å². The standard InChI is InChI=1S/C29H31NO4/c1-5-33-15-9-14-30-27(31)16-19(2)24-17-25-26(18-34-29(25)20(3)28(24)32-4)23-13-8-11-21-10-6-7-12-22(21)23/h6-8,10-13,16-18H,5,9,14-15H2,1-4H3,(H,30,31)/b19-16+. The van der Waals surface area contributed by atoms with Crippen molar-refractivity contribution in [2.24, 2.45) is 0 Å². The van der Waals surface area contributed by atoms with Gasteiger partial charge in [-0.3, -0.25) is 4.79 Å². The predicted octanol–water partition coefficient (Wildman–Crippen LogP) is 6.52. The molecule has 1 heterocycles. The molecule has 1 amide bonds. The molecule has 0 radical (unpaired) electrons. The molecule has 0 aliphatic heterocycles. The normalized spacial score (nSPS) is 11.8. The molecule has 0 saturated carbocycles. The summed E-state index contributed by atoms with van der Waals surface area (Å²) in [5, 5.41) is 6.27. The van der Waals surface area contributed by atoms with E-state index < -0.39 is 0 Å². The van der Waals surface area contributed by atoms with Gasteiger partial charge in [-0.15, -0.1) is 0 Å². The summed E-state index contributed by atoms with van der Waals surface area (Å²) in [7, 11) is 1.65. The quantitative estimate of drug-likeness (QED) is 0.230. The third kappa shape index (κ3) is 4.70. The van der Waals surface area contributed by atoms with Gasteiger partial charge in [-0.2, -0.15) is 0 Å². The number of rotatable bonds is 9. The zero-order chi connectivity index (χ0) is 24.1. The molecule has 34 heavy (non-hydrogen) atoms. The highest BCUT2D eigenvalue weighted by molar-refractivity contribution is 6.07. The maximum absolute atomic E-state index is 12.5. The number of allylic oxidation sites excluding steroid dienone is 1. The highest BCUT2D eigenvalue weighted by Crippen LogP contribution is 2.42. The van der Waals surface area contributed by atoms with Crippen molar-refractivity contribution >= 4 is 33.2 Å². The maximum Gasteiger partial charge on any atom is 0.244 e. The molecule has 0 saturated heterocycles. The zero-order valence-electron chi connectivity index (χ0n) is 20.2. The van der Waals surface area contributed by atoms with Crippen molar-refractivity contribution in [1.82, 2.24) is 5.32 Å². The molecule has 3 aromatic carbocycles. The van der Waals surface area contributed by atoms with Crippen molar-refractivity contribution in [3.05, 3.63) is 72.0 Å². The summed E-state index contributed by atoms with van der Waals surface area (Å²) >= 11 is 0. The molecular weight excluding hydrogens is 426 g/mol. The average molecular weight is 458 g/mol. The maximum atomic E-state index is 12.5. The topological polar surface area (TPSA) is 60.7 Å². The number of carbonyl (C=O) groups excluding carboxylic acids is 1. The highest BCUT2D eigenvalue weighted by atomic mass is 16.5. The highest BCUT2D eigenvalue weighted by Gasteiger charge is 2.19. The number of nitrogens with one attached hydrogen (secondary N) is 1. The monoisotopic (exact) mass is 457 g/mol. The first-order valence-electron chi connectivity index (χ1n) is 11.7. The number of hydrogen-bond donors (Lipinski definition) is 1. The number of ether oxygens (including phenoxy) is 2. The second-order valence-electron chi connectivity index (χ2n) is 8.30. The minimum Gasteiger partial charge on any atom is -0.496 e. The van der Waals surface area contributed by atoms with Crippen LogP contribution in [0.15, 0.2) is 65.3 Å². The van der Waals surface area contributed by atoms with Crippen LogP contribution >= 0.6 is 0 Å². The van der Waals surface area contributed by atoms with E-state index in [4.69, 9.17) is 13.9 Å². The molecule has 4 aromatic rings. The Morgan fingerprint density at radius 1 is 1.09 bits per heavy atom. The smallest absolute Gasteiger partial charge is 0.244 e. The number of aryl methyl sites for hydroxylation is 1. The molecule has 0 unspecified atom stereocenters. The lowest BCUT2D eigenvalue weighted by Crippen LogP contribution is -2.23. The number of amides is 1. The Hall–Kier alpha value is -3.57. The van der Waals surface area contributed by atoms with Gasteiger partial charge < -0.3 is 19.2 Å². The van der Waals surface area contributed by atoms with Crippen LogP contribution in [0.25, 0.3) is 38.4 Å². The second kappa shape index (κ2) is 10.6. The lowest BCUT2D eigenvalue weighted by Gasteiger charge is -2.14. The van der Waals surface area contributed by atoms with E-state index in [-0.39, 0.29) is 5.91 Å². The Morgan fingerprint density at radius 2 is 1.88 bits per heavy atom. The summed E-state index contributed by atoms with van der Waals surface area (Å²) in [6.45, 7) is 7.78. The van der Waals surface area contributed by atoms with Gasteiger partial charge in [-0.1, -0.05) is 42.5 Å². The van der Waals surface area contributed by atoms with Crippen LogP contribution < -0.4 is 10.1 Å². The van der Waals surface area contributed by atoms with E-state index in [2.05, 4.69) is 41.7 Å². The molecule has 176 valence electrons. The first-order valence-corrected chi connectivity index (χ1v) is 11.7. The fourth-order valence-electron chi connectivity index (χ4n) is 4.40. The van der Waals surface area contributed by atoms with E-state index >= 15 is 0 Å². The number of methoxy groups -OCH3 is 1. The minimum atomic E-state index is -0.129. The molecule has 0 atom stereocenters. The molecule has 0 fully saturated rings. The van der Waals surface area contributed by atoms with E-state index in [1.165, 1.54) is 10.8 Å². The first-order chi connectivity index (χ1) is 16.5. The molecule has 5 nitrogen and oxygen atoms in total. The van der Waals surface area contributed by atoms with Gasteiger partial charge in [0.05, 0.1) is 13.4 Å². The van der Waals surface area contributed by atoms with E-state index in [0.29, 0.717) is 25.5 Å². The fourth-order valence-corrected chi connectivity index (χ4v) is 4.40. The van der Waals surface area contributed by atoms with Gasteiger partial charge in [-0.05, 0) is 55.2 Å². The Balaban J connectivity index is 1.74. The minimum absolute atomic E-state index is 0.129. The van der Waals surface area contributed by atoms with E-state index in [1.54, 1.807) is 13.2 Å². The molecule has 0 aliphatic rings. The van der Waals surface area contributed by atoms with Gasteiger partial charge >= 0.3 is 0 Å². The molecule has 5 heteroatoms. The van der Waals surface area contributed by atoms with Crippen LogP contribution in [0.1, 0.15) is 31.4 Å². The van der Waals surface area contributed by atoms with Gasteiger partial charge in [0.25, 0.3) is 0 Å². The molecule has 1 aromatic heterocycles. The lowest BCUT2D eigenvalue weighted by molar-refractivity contribution is -0.116. The Bertz CT molecular complexity index is 1340. The van der Waals surface area contributed by atoms with Gasteiger partial charge in [0.2, 0.25) is 5.91 Å². The summed E-state index contributed by atoms with van der Waals surface area (Å²) in [5.41, 5.74) is 5.53. The largest absolute Gasteiger partial charge is 0.496 e. The van der Waals surface area contributed by atoms with Gasteiger partial charge in [0, 0.05) is 47.9 Å². The van der Waals surface area contributed by atoms with Crippen molar-refractivity contribution in [1.29, 1.82) is 0 Å². The van der Waals surface area contributed by atoms with Crippen LogP contribution in [0.2, 0.25) is 0 Å². The van der Waals surface area contributed by atoms with Crippen LogP contribution in [-0.4, -0.2) is 32.8 Å². The average Bonchev–Trinajstić information content (AvgIpc) is 3.27. The van der Waals surface area contributed by atoms with E-state index in [0.717, 1.165) is 45.2 Å². The van der Waals surface area contributed by atoms with Crippen LogP contribution in [0.3, 0.4) is 0 Å². The van der Waals surface area contributed by atoms with Crippen LogP contribution in [0.5, 0.6) is 5.75 Å². The zero-order valence-corrected chi connectivity index (χ0v) is 20.2. The van der Waals surface area contributed by atoms with Crippen LogP contribution in [0.4, 0.5) is 0 Å². The van der Waals surface area contributed by atoms with E-state index in [1.807, 2.05) is 39.2 Å². The number of benzene rings is 3. The lowest BCUT2D eigenvalue weighted by atomic mass is 9.94. The Kier molecular flexibility index (Phi) is 7.33. The number of fused-ring (bicyclic) bond motifs is 2. The van der Waals surface area contributed by atoms with Crippen molar-refractivity contribution in [2.75, 3.05) is 26.9 Å². The summed E-state index contributed by atoms with van der Waals surface area (Å²) < 4.78 is 17.1. The van der Waals surface area contributed by atoms with Gasteiger partial charge in [0.1, 0.15) is 11.3 Å². The first kappa shape index (κ1) is 23.6. The summed E-state index contributed by atoms with van der Waals surface area (Å²) in [6.07, 6.45) is 4.22. The summed E-state index contributed by atoms with van der Waals surface area (Å²) in [5.74, 6) is 0.583. The second-order valence-corrected chi connectivity index (χ2v) is 8.30. The Morgan fingerprint density at radius 3 is 2.68 bits per heavy atom. The van der Waals surface area contributed by atoms with Gasteiger partial charge in [-0.25, -0.2) is 0 Å². The molecule has 0 spiro atoms. The number of carbonyl (C=O) groups is 1. The summed E-state index contributed by atoms with van der Waals surface area (Å²) in [4.78, 5) is 12.5. The van der Waals surface area contributed by atoms with Crippen molar-refractivity contribution in [3.8, 4) is 16.9 Å². The fraction of sp³-hybridized carbons (Fsp3) is 0.276. The number of furan rings is 1. The summed E-state index contributed by atoms with van der Waals surface area (Å²) in [6, 6.07) is 16.7. The Labute approximate surface area is 200 Å². The molecular formula is C29H31NO4. The number of hydrogen-bond acceptors (Lipinski definition) is 4. The van der Waals surface area contributed by atoms with Crippen LogP contribution in [0, 0.1) is 6.92 Å².